The molecule has 0 radical (unpaired) electrons. The molecule has 0 N–H and O–H groups in total. The SMILES string of the molecule is Cc1cccc(C(=O)N(C)C2CCN(C)CC2)c1F. The van der Waals surface area contributed by atoms with Crippen LogP contribution in [0.5, 0.6) is 0 Å². The van der Waals surface area contributed by atoms with Gasteiger partial charge in [0.25, 0.3) is 5.91 Å². The first-order chi connectivity index (χ1) is 9.00. The molecule has 1 aliphatic rings. The second-order valence-corrected chi connectivity index (χ2v) is 5.39. The van der Waals surface area contributed by atoms with E-state index in [4.69, 9.17) is 0 Å². The first-order valence-electron chi connectivity index (χ1n) is 6.71. The minimum Gasteiger partial charge on any atom is -0.339 e. The van der Waals surface area contributed by atoms with Crippen LogP contribution in [0.15, 0.2) is 18.2 Å². The number of hydrogen-bond acceptors (Lipinski definition) is 2. The van der Waals surface area contributed by atoms with Gasteiger partial charge in [-0.1, -0.05) is 12.1 Å². The third-order valence-electron chi connectivity index (χ3n) is 3.98. The molecule has 1 heterocycles. The number of piperidine rings is 1. The Labute approximate surface area is 114 Å². The Kier molecular flexibility index (Phi) is 4.20. The van der Waals surface area contributed by atoms with E-state index >= 15 is 0 Å². The molecular weight excluding hydrogens is 243 g/mol. The summed E-state index contributed by atoms with van der Waals surface area (Å²) in [6.45, 7) is 3.65. The van der Waals surface area contributed by atoms with Crippen molar-refractivity contribution in [2.45, 2.75) is 25.8 Å². The number of aryl methyl sites for hydroxylation is 1. The summed E-state index contributed by atoms with van der Waals surface area (Å²) in [4.78, 5) is 16.3. The van der Waals surface area contributed by atoms with E-state index in [0.29, 0.717) is 5.56 Å². The van der Waals surface area contributed by atoms with Gasteiger partial charge < -0.3 is 9.80 Å². The van der Waals surface area contributed by atoms with Crippen molar-refractivity contribution >= 4 is 5.91 Å². The summed E-state index contributed by atoms with van der Waals surface area (Å²) in [6.07, 6.45) is 1.90. The summed E-state index contributed by atoms with van der Waals surface area (Å²) in [7, 11) is 3.86. The van der Waals surface area contributed by atoms with Gasteiger partial charge in [-0.15, -0.1) is 0 Å². The van der Waals surface area contributed by atoms with Crippen molar-refractivity contribution in [2.24, 2.45) is 0 Å². The van der Waals surface area contributed by atoms with Crippen LogP contribution in [0.4, 0.5) is 4.39 Å². The van der Waals surface area contributed by atoms with E-state index in [9.17, 15) is 9.18 Å². The number of carbonyl (C=O) groups is 1. The molecule has 2 rings (SSSR count). The average molecular weight is 264 g/mol. The molecule has 104 valence electrons. The number of hydrogen-bond donors (Lipinski definition) is 0. The van der Waals surface area contributed by atoms with Crippen molar-refractivity contribution in [1.29, 1.82) is 0 Å². The highest BCUT2D eigenvalue weighted by Gasteiger charge is 2.26. The molecule has 1 aromatic carbocycles. The Hall–Kier alpha value is -1.42. The van der Waals surface area contributed by atoms with Crippen LogP contribution in [-0.2, 0) is 0 Å². The molecule has 1 saturated heterocycles. The summed E-state index contributed by atoms with van der Waals surface area (Å²) >= 11 is 0. The van der Waals surface area contributed by atoms with Gasteiger partial charge in [0.15, 0.2) is 0 Å². The minimum absolute atomic E-state index is 0.182. The Bertz CT molecular complexity index is 467. The molecule has 0 spiro atoms. The zero-order valence-electron chi connectivity index (χ0n) is 11.8. The molecule has 3 nitrogen and oxygen atoms in total. The predicted molar refractivity (Wildman–Crippen MR) is 73.7 cm³/mol. The maximum atomic E-state index is 14.0. The number of benzene rings is 1. The number of likely N-dealkylation sites (tertiary alicyclic amines) is 1. The maximum absolute atomic E-state index is 14.0. The fraction of sp³-hybridized carbons (Fsp3) is 0.533. The quantitative estimate of drug-likeness (QED) is 0.818. The third kappa shape index (κ3) is 2.95. The highest BCUT2D eigenvalue weighted by Crippen LogP contribution is 2.19. The summed E-state index contributed by atoms with van der Waals surface area (Å²) in [5.74, 6) is -0.608. The summed E-state index contributed by atoms with van der Waals surface area (Å²) in [5, 5.41) is 0. The highest BCUT2D eigenvalue weighted by molar-refractivity contribution is 5.94. The molecule has 0 saturated carbocycles. The maximum Gasteiger partial charge on any atom is 0.256 e. The summed E-state index contributed by atoms with van der Waals surface area (Å²) in [6, 6.07) is 5.19. The number of carbonyl (C=O) groups excluding carboxylic acids is 1. The van der Waals surface area contributed by atoms with Crippen molar-refractivity contribution in [2.75, 3.05) is 27.2 Å². The van der Waals surface area contributed by atoms with Gasteiger partial charge >= 0.3 is 0 Å². The van der Waals surface area contributed by atoms with Gasteiger partial charge in [-0.2, -0.15) is 0 Å². The van der Waals surface area contributed by atoms with E-state index in [2.05, 4.69) is 11.9 Å². The monoisotopic (exact) mass is 264 g/mol. The highest BCUT2D eigenvalue weighted by atomic mass is 19.1. The molecule has 1 fully saturated rings. The van der Waals surface area contributed by atoms with Crippen molar-refractivity contribution in [3.63, 3.8) is 0 Å². The average Bonchev–Trinajstić information content (AvgIpc) is 2.41. The van der Waals surface area contributed by atoms with Gasteiger partial charge in [0.05, 0.1) is 5.56 Å². The summed E-state index contributed by atoms with van der Waals surface area (Å²) in [5.41, 5.74) is 0.698. The molecule has 0 bridgehead atoms. The largest absolute Gasteiger partial charge is 0.339 e. The second kappa shape index (κ2) is 5.70. The third-order valence-corrected chi connectivity index (χ3v) is 3.98. The van der Waals surface area contributed by atoms with E-state index in [1.165, 1.54) is 0 Å². The molecule has 19 heavy (non-hydrogen) atoms. The first-order valence-corrected chi connectivity index (χ1v) is 6.71. The second-order valence-electron chi connectivity index (χ2n) is 5.39. The smallest absolute Gasteiger partial charge is 0.256 e. The lowest BCUT2D eigenvalue weighted by molar-refractivity contribution is 0.0655. The van der Waals surface area contributed by atoms with Crippen molar-refractivity contribution in [3.8, 4) is 0 Å². The van der Waals surface area contributed by atoms with Crippen LogP contribution in [0.25, 0.3) is 0 Å². The topological polar surface area (TPSA) is 23.6 Å². The molecule has 1 amide bonds. The van der Waals surface area contributed by atoms with Crippen LogP contribution < -0.4 is 0 Å². The molecule has 1 aliphatic heterocycles. The zero-order chi connectivity index (χ0) is 14.0. The molecule has 0 unspecified atom stereocenters. The fourth-order valence-electron chi connectivity index (χ4n) is 2.55. The van der Waals surface area contributed by atoms with Gasteiger partial charge in [-0.3, -0.25) is 4.79 Å². The Morgan fingerprint density at radius 1 is 1.37 bits per heavy atom. The van der Waals surface area contributed by atoms with Gasteiger partial charge in [0, 0.05) is 13.1 Å². The first kappa shape index (κ1) is 14.0. The lowest BCUT2D eigenvalue weighted by Gasteiger charge is -2.35. The number of halogens is 1. The van der Waals surface area contributed by atoms with Crippen LogP contribution >= 0.6 is 0 Å². The molecular formula is C15H21FN2O. The van der Waals surface area contributed by atoms with Crippen LogP contribution in [-0.4, -0.2) is 48.9 Å². The normalized spacial score (nSPS) is 17.5. The number of rotatable bonds is 2. The van der Waals surface area contributed by atoms with Gasteiger partial charge in [-0.05, 0) is 51.5 Å². The minimum atomic E-state index is -0.396. The summed E-state index contributed by atoms with van der Waals surface area (Å²) < 4.78 is 14.0. The Morgan fingerprint density at radius 2 is 2.00 bits per heavy atom. The van der Waals surface area contributed by atoms with Crippen molar-refractivity contribution < 1.29 is 9.18 Å². The molecule has 4 heteroatoms. The van der Waals surface area contributed by atoms with E-state index < -0.39 is 5.82 Å². The molecule has 1 aromatic rings. The number of nitrogens with zero attached hydrogens (tertiary/aromatic N) is 2. The van der Waals surface area contributed by atoms with Crippen LogP contribution in [0.1, 0.15) is 28.8 Å². The standard InChI is InChI=1S/C15H21FN2O/c1-11-5-4-6-13(14(11)16)15(19)18(3)12-7-9-17(2)10-8-12/h4-6,12H,7-10H2,1-3H3. The lowest BCUT2D eigenvalue weighted by atomic mass is 10.0. The van der Waals surface area contributed by atoms with E-state index in [1.54, 1.807) is 37.1 Å². The van der Waals surface area contributed by atoms with Gasteiger partial charge in [-0.25, -0.2) is 4.39 Å². The van der Waals surface area contributed by atoms with E-state index in [1.807, 2.05) is 0 Å². The van der Waals surface area contributed by atoms with Gasteiger partial charge in [0.1, 0.15) is 5.82 Å². The van der Waals surface area contributed by atoms with Gasteiger partial charge in [0.2, 0.25) is 0 Å². The predicted octanol–water partition coefficient (Wildman–Crippen LogP) is 2.30. The van der Waals surface area contributed by atoms with E-state index in [0.717, 1.165) is 25.9 Å². The Balaban J connectivity index is 2.13. The van der Waals surface area contributed by atoms with Crippen LogP contribution in [0, 0.1) is 12.7 Å². The lowest BCUT2D eigenvalue weighted by Crippen LogP contribution is -2.44. The molecule has 0 atom stereocenters. The molecule has 0 aromatic heterocycles. The van der Waals surface area contributed by atoms with Crippen molar-refractivity contribution in [3.05, 3.63) is 35.1 Å². The Morgan fingerprint density at radius 3 is 2.63 bits per heavy atom. The van der Waals surface area contributed by atoms with E-state index in [-0.39, 0.29) is 17.5 Å². The molecule has 0 aliphatic carbocycles. The zero-order valence-corrected chi connectivity index (χ0v) is 11.8. The van der Waals surface area contributed by atoms with Crippen molar-refractivity contribution in [1.82, 2.24) is 9.80 Å². The number of amides is 1. The van der Waals surface area contributed by atoms with Crippen LogP contribution in [0.3, 0.4) is 0 Å². The fourth-order valence-corrected chi connectivity index (χ4v) is 2.55. The van der Waals surface area contributed by atoms with Crippen LogP contribution in [0.2, 0.25) is 0 Å².